The average Bonchev–Trinajstić information content (AvgIpc) is 2.38. The molecule has 0 unspecified atom stereocenters. The molecule has 0 saturated heterocycles. The minimum Gasteiger partial charge on any atom is -0.496 e. The van der Waals surface area contributed by atoms with Gasteiger partial charge in [-0.1, -0.05) is 0 Å². The lowest BCUT2D eigenvalue weighted by Gasteiger charge is -2.10. The van der Waals surface area contributed by atoms with Gasteiger partial charge in [-0.2, -0.15) is 0 Å². The largest absolute Gasteiger partial charge is 0.496 e. The Labute approximate surface area is 111 Å². The van der Waals surface area contributed by atoms with Crippen LogP contribution in [0, 0.1) is 6.92 Å². The van der Waals surface area contributed by atoms with Gasteiger partial charge in [0.05, 0.1) is 12.7 Å². The summed E-state index contributed by atoms with van der Waals surface area (Å²) in [7, 11) is 1.50. The summed E-state index contributed by atoms with van der Waals surface area (Å²) in [5, 5.41) is 2.79. The predicted molar refractivity (Wildman–Crippen MR) is 74.3 cm³/mol. The first-order valence-corrected chi connectivity index (χ1v) is 5.77. The summed E-state index contributed by atoms with van der Waals surface area (Å²) in [4.78, 5) is 16.2. The summed E-state index contributed by atoms with van der Waals surface area (Å²) >= 11 is 0. The van der Waals surface area contributed by atoms with Crippen LogP contribution in [0.4, 0.5) is 11.4 Å². The summed E-state index contributed by atoms with van der Waals surface area (Å²) in [5.41, 5.74) is 8.17. The highest BCUT2D eigenvalue weighted by atomic mass is 16.5. The fourth-order valence-electron chi connectivity index (χ4n) is 1.72. The number of hydrogen-bond acceptors (Lipinski definition) is 4. The molecule has 0 atom stereocenters. The molecule has 1 aromatic heterocycles. The van der Waals surface area contributed by atoms with Crippen molar-refractivity contribution in [3.63, 3.8) is 0 Å². The fourth-order valence-corrected chi connectivity index (χ4v) is 1.72. The van der Waals surface area contributed by atoms with Crippen molar-refractivity contribution in [2.24, 2.45) is 0 Å². The Kier molecular flexibility index (Phi) is 3.66. The summed E-state index contributed by atoms with van der Waals surface area (Å²) in [6.45, 7) is 1.86. The molecule has 5 heteroatoms. The number of benzene rings is 1. The lowest BCUT2D eigenvalue weighted by molar-refractivity contribution is 0.102. The SMILES string of the molecule is COc1cc(N)ccc1C(=O)Nc1ccnc(C)c1. The van der Waals surface area contributed by atoms with E-state index in [-0.39, 0.29) is 5.91 Å². The first-order chi connectivity index (χ1) is 9.10. The number of aromatic nitrogens is 1. The molecule has 2 rings (SSSR count). The Morgan fingerprint density at radius 3 is 2.79 bits per heavy atom. The molecule has 19 heavy (non-hydrogen) atoms. The van der Waals surface area contributed by atoms with E-state index >= 15 is 0 Å². The molecule has 1 heterocycles. The molecule has 2 aromatic rings. The van der Waals surface area contributed by atoms with Crippen LogP contribution in [0.1, 0.15) is 16.1 Å². The van der Waals surface area contributed by atoms with Crippen LogP contribution in [0.2, 0.25) is 0 Å². The van der Waals surface area contributed by atoms with Gasteiger partial charge in [-0.3, -0.25) is 9.78 Å². The van der Waals surface area contributed by atoms with E-state index in [1.165, 1.54) is 7.11 Å². The zero-order valence-electron chi connectivity index (χ0n) is 10.8. The number of methoxy groups -OCH3 is 1. The fraction of sp³-hybridized carbons (Fsp3) is 0.143. The highest BCUT2D eigenvalue weighted by Gasteiger charge is 2.12. The van der Waals surface area contributed by atoms with Crippen LogP contribution in [-0.2, 0) is 0 Å². The van der Waals surface area contributed by atoms with Gasteiger partial charge in [0.25, 0.3) is 5.91 Å². The van der Waals surface area contributed by atoms with E-state index in [1.54, 1.807) is 36.5 Å². The van der Waals surface area contributed by atoms with Crippen LogP contribution in [0.3, 0.4) is 0 Å². The Morgan fingerprint density at radius 1 is 1.32 bits per heavy atom. The van der Waals surface area contributed by atoms with Gasteiger partial charge in [0.2, 0.25) is 0 Å². The Balaban J connectivity index is 2.25. The van der Waals surface area contributed by atoms with Crippen LogP contribution >= 0.6 is 0 Å². The van der Waals surface area contributed by atoms with E-state index in [2.05, 4.69) is 10.3 Å². The number of nitrogens with one attached hydrogen (secondary N) is 1. The zero-order valence-corrected chi connectivity index (χ0v) is 10.8. The number of carbonyl (C=O) groups is 1. The van der Waals surface area contributed by atoms with Crippen LogP contribution in [0.15, 0.2) is 36.5 Å². The normalized spacial score (nSPS) is 10.0. The standard InChI is InChI=1S/C14H15N3O2/c1-9-7-11(5-6-16-9)17-14(18)12-4-3-10(15)8-13(12)19-2/h3-8H,15H2,1-2H3,(H,16,17,18). The smallest absolute Gasteiger partial charge is 0.259 e. The van der Waals surface area contributed by atoms with Crippen LogP contribution in [0.5, 0.6) is 5.75 Å². The number of aryl methyl sites for hydroxylation is 1. The summed E-state index contributed by atoms with van der Waals surface area (Å²) in [5.74, 6) is 0.200. The third-order valence-electron chi connectivity index (χ3n) is 2.62. The van der Waals surface area contributed by atoms with E-state index in [0.717, 1.165) is 5.69 Å². The molecular weight excluding hydrogens is 242 g/mol. The maximum absolute atomic E-state index is 12.2. The van der Waals surface area contributed by atoms with Gasteiger partial charge >= 0.3 is 0 Å². The first kappa shape index (κ1) is 12.9. The molecule has 3 N–H and O–H groups in total. The number of nitrogens with zero attached hydrogens (tertiary/aromatic N) is 1. The predicted octanol–water partition coefficient (Wildman–Crippen LogP) is 2.23. The first-order valence-electron chi connectivity index (χ1n) is 5.77. The van der Waals surface area contributed by atoms with Crippen LogP contribution in [-0.4, -0.2) is 18.0 Å². The van der Waals surface area contributed by atoms with Crippen molar-refractivity contribution in [2.45, 2.75) is 6.92 Å². The maximum atomic E-state index is 12.2. The molecule has 0 spiro atoms. The molecule has 5 nitrogen and oxygen atoms in total. The molecule has 0 aliphatic rings. The lowest BCUT2D eigenvalue weighted by atomic mass is 10.1. The number of ether oxygens (including phenoxy) is 1. The molecule has 0 aliphatic heterocycles. The van der Waals surface area contributed by atoms with Gasteiger partial charge < -0.3 is 15.8 Å². The van der Waals surface area contributed by atoms with Gasteiger partial charge in [-0.05, 0) is 31.2 Å². The molecule has 0 saturated carbocycles. The second kappa shape index (κ2) is 5.39. The Bertz CT molecular complexity index is 611. The highest BCUT2D eigenvalue weighted by Crippen LogP contribution is 2.22. The summed E-state index contributed by atoms with van der Waals surface area (Å²) in [6.07, 6.45) is 1.64. The minimum atomic E-state index is -0.248. The van der Waals surface area contributed by atoms with E-state index in [0.29, 0.717) is 22.7 Å². The number of anilines is 2. The van der Waals surface area contributed by atoms with Crippen LogP contribution in [0.25, 0.3) is 0 Å². The number of amides is 1. The van der Waals surface area contributed by atoms with Crippen molar-refractivity contribution in [2.75, 3.05) is 18.2 Å². The second-order valence-corrected chi connectivity index (χ2v) is 4.10. The van der Waals surface area contributed by atoms with Crippen LogP contribution < -0.4 is 15.8 Å². The number of hydrogen-bond donors (Lipinski definition) is 2. The minimum absolute atomic E-state index is 0.248. The quantitative estimate of drug-likeness (QED) is 0.827. The molecule has 0 aliphatic carbocycles. The molecule has 1 aromatic carbocycles. The van der Waals surface area contributed by atoms with Crippen molar-refractivity contribution >= 4 is 17.3 Å². The van der Waals surface area contributed by atoms with Crippen molar-refractivity contribution in [3.05, 3.63) is 47.8 Å². The van der Waals surface area contributed by atoms with Crippen molar-refractivity contribution in [1.82, 2.24) is 4.98 Å². The van der Waals surface area contributed by atoms with Gasteiger partial charge in [0.1, 0.15) is 5.75 Å². The van der Waals surface area contributed by atoms with Gasteiger partial charge in [-0.25, -0.2) is 0 Å². The molecular formula is C14H15N3O2. The molecule has 1 amide bonds. The zero-order chi connectivity index (χ0) is 13.8. The van der Waals surface area contributed by atoms with Crippen molar-refractivity contribution in [1.29, 1.82) is 0 Å². The number of nitrogen functional groups attached to an aromatic ring is 1. The number of nitrogens with two attached hydrogens (primary N) is 1. The van der Waals surface area contributed by atoms with Gasteiger partial charge in [0.15, 0.2) is 0 Å². The average molecular weight is 257 g/mol. The van der Waals surface area contributed by atoms with E-state index in [4.69, 9.17) is 10.5 Å². The maximum Gasteiger partial charge on any atom is 0.259 e. The molecule has 98 valence electrons. The van der Waals surface area contributed by atoms with Gasteiger partial charge in [0, 0.05) is 29.3 Å². The van der Waals surface area contributed by atoms with E-state index in [1.807, 2.05) is 6.92 Å². The van der Waals surface area contributed by atoms with E-state index in [9.17, 15) is 4.79 Å². The van der Waals surface area contributed by atoms with Crippen molar-refractivity contribution in [3.8, 4) is 5.75 Å². The Morgan fingerprint density at radius 2 is 2.11 bits per heavy atom. The van der Waals surface area contributed by atoms with Crippen molar-refractivity contribution < 1.29 is 9.53 Å². The number of carbonyl (C=O) groups excluding carboxylic acids is 1. The highest BCUT2D eigenvalue weighted by molar-refractivity contribution is 6.06. The summed E-state index contributed by atoms with van der Waals surface area (Å²) < 4.78 is 5.16. The topological polar surface area (TPSA) is 77.2 Å². The monoisotopic (exact) mass is 257 g/mol. The molecule has 0 fully saturated rings. The Hall–Kier alpha value is -2.56. The van der Waals surface area contributed by atoms with E-state index < -0.39 is 0 Å². The second-order valence-electron chi connectivity index (χ2n) is 4.10. The number of pyridine rings is 1. The molecule has 0 bridgehead atoms. The van der Waals surface area contributed by atoms with Gasteiger partial charge in [-0.15, -0.1) is 0 Å². The third-order valence-corrected chi connectivity index (χ3v) is 2.62. The molecule has 0 radical (unpaired) electrons. The third kappa shape index (κ3) is 3.01. The summed E-state index contributed by atoms with van der Waals surface area (Å²) in [6, 6.07) is 8.44. The lowest BCUT2D eigenvalue weighted by Crippen LogP contribution is -2.13. The number of rotatable bonds is 3.